The molecule has 1 aromatic heterocycles. The van der Waals surface area contributed by atoms with E-state index in [4.69, 9.17) is 0 Å². The van der Waals surface area contributed by atoms with E-state index in [-0.39, 0.29) is 4.90 Å². The molecule has 0 amide bonds. The molecule has 0 spiro atoms. The molecule has 6 heteroatoms. The Labute approximate surface area is 162 Å². The van der Waals surface area contributed by atoms with Crippen LogP contribution in [0.1, 0.15) is 5.56 Å². The fraction of sp³-hybridized carbons (Fsp3) is 0.0952. The Kier molecular flexibility index (Phi) is 4.78. The third-order valence-electron chi connectivity index (χ3n) is 4.35. The molecule has 0 bridgehead atoms. The van der Waals surface area contributed by atoms with Crippen molar-refractivity contribution in [2.45, 2.75) is 11.4 Å². The molecule has 0 atom stereocenters. The lowest BCUT2D eigenvalue weighted by Crippen LogP contribution is -2.26. The van der Waals surface area contributed by atoms with Crippen molar-refractivity contribution in [1.82, 2.24) is 9.29 Å². The summed E-state index contributed by atoms with van der Waals surface area (Å²) in [6, 6.07) is 24.5. The summed E-state index contributed by atoms with van der Waals surface area (Å²) in [4.78, 5) is 4.91. The molecule has 4 aromatic rings. The van der Waals surface area contributed by atoms with Crippen LogP contribution < -0.4 is 0 Å². The first-order valence-electron chi connectivity index (χ1n) is 8.50. The summed E-state index contributed by atoms with van der Waals surface area (Å²) in [5.41, 5.74) is 2.83. The van der Waals surface area contributed by atoms with Crippen LogP contribution in [0.5, 0.6) is 0 Å². The molecule has 27 heavy (non-hydrogen) atoms. The molecule has 0 unspecified atom stereocenters. The lowest BCUT2D eigenvalue weighted by atomic mass is 10.2. The van der Waals surface area contributed by atoms with Crippen LogP contribution in [-0.2, 0) is 16.6 Å². The van der Waals surface area contributed by atoms with E-state index in [1.807, 2.05) is 66.7 Å². The number of hydrogen-bond donors (Lipinski definition) is 0. The van der Waals surface area contributed by atoms with Crippen LogP contribution >= 0.6 is 11.3 Å². The summed E-state index contributed by atoms with van der Waals surface area (Å²) >= 11 is 1.60. The molecule has 4 nitrogen and oxygen atoms in total. The van der Waals surface area contributed by atoms with Crippen molar-refractivity contribution in [3.8, 4) is 10.6 Å². The molecule has 4 rings (SSSR count). The van der Waals surface area contributed by atoms with Gasteiger partial charge in [0, 0.05) is 19.2 Å². The molecule has 1 heterocycles. The van der Waals surface area contributed by atoms with E-state index in [0.29, 0.717) is 6.54 Å². The van der Waals surface area contributed by atoms with Gasteiger partial charge in [-0.1, -0.05) is 54.6 Å². The van der Waals surface area contributed by atoms with Gasteiger partial charge in [-0.2, -0.15) is 4.31 Å². The molecule has 0 saturated heterocycles. The van der Waals surface area contributed by atoms with Gasteiger partial charge in [0.05, 0.1) is 15.1 Å². The lowest BCUT2D eigenvalue weighted by molar-refractivity contribution is 0.467. The van der Waals surface area contributed by atoms with Crippen molar-refractivity contribution in [1.29, 1.82) is 0 Å². The summed E-state index contributed by atoms with van der Waals surface area (Å²) in [6.45, 7) is 0.336. The van der Waals surface area contributed by atoms with Crippen LogP contribution in [0.15, 0.2) is 83.8 Å². The minimum absolute atomic E-state index is 0.283. The maximum Gasteiger partial charge on any atom is 0.243 e. The van der Waals surface area contributed by atoms with Crippen LogP contribution in [0, 0.1) is 0 Å². The van der Waals surface area contributed by atoms with Gasteiger partial charge in [-0.15, -0.1) is 11.3 Å². The molecule has 0 aliphatic rings. The minimum atomic E-state index is -3.54. The Bertz CT molecular complexity index is 1130. The second-order valence-corrected chi connectivity index (χ2v) is 9.33. The highest BCUT2D eigenvalue weighted by Crippen LogP contribution is 2.30. The molecular weight excluding hydrogens is 376 g/mol. The van der Waals surface area contributed by atoms with Crippen molar-refractivity contribution < 1.29 is 8.42 Å². The maximum absolute atomic E-state index is 12.8. The van der Waals surface area contributed by atoms with Gasteiger partial charge < -0.3 is 0 Å². The summed E-state index contributed by atoms with van der Waals surface area (Å²) < 4.78 is 28.2. The number of benzene rings is 3. The third-order valence-corrected chi connectivity index (χ3v) is 7.25. The van der Waals surface area contributed by atoms with E-state index >= 15 is 0 Å². The lowest BCUT2D eigenvalue weighted by Gasteiger charge is -2.17. The second kappa shape index (κ2) is 7.23. The summed E-state index contributed by atoms with van der Waals surface area (Å²) in [7, 11) is -1.94. The zero-order chi connectivity index (χ0) is 18.9. The van der Waals surface area contributed by atoms with Gasteiger partial charge in [0.1, 0.15) is 5.01 Å². The average molecular weight is 395 g/mol. The van der Waals surface area contributed by atoms with Crippen LogP contribution in [0.2, 0.25) is 0 Å². The molecular formula is C21H18N2O2S2. The first-order valence-corrected chi connectivity index (χ1v) is 10.8. The first-order chi connectivity index (χ1) is 13.0. The van der Waals surface area contributed by atoms with Crippen molar-refractivity contribution in [3.05, 3.63) is 84.4 Å². The van der Waals surface area contributed by atoms with E-state index in [0.717, 1.165) is 26.4 Å². The summed E-state index contributed by atoms with van der Waals surface area (Å²) in [5.74, 6) is 0. The van der Waals surface area contributed by atoms with E-state index < -0.39 is 10.0 Å². The van der Waals surface area contributed by atoms with Crippen LogP contribution in [0.25, 0.3) is 20.8 Å². The highest BCUT2D eigenvalue weighted by atomic mass is 32.2. The van der Waals surface area contributed by atoms with Crippen molar-refractivity contribution in [3.63, 3.8) is 0 Å². The van der Waals surface area contributed by atoms with E-state index in [1.165, 1.54) is 4.31 Å². The molecule has 0 N–H and O–H groups in total. The van der Waals surface area contributed by atoms with E-state index in [2.05, 4.69) is 4.98 Å². The first kappa shape index (κ1) is 17.9. The SMILES string of the molecule is CN(Cc1ccccc1)S(=O)(=O)c1ccc(-c2nc3ccccc3s2)cc1. The number of aromatic nitrogens is 1. The van der Waals surface area contributed by atoms with Crippen LogP contribution in [0.3, 0.4) is 0 Å². The number of nitrogens with zero attached hydrogens (tertiary/aromatic N) is 2. The monoisotopic (exact) mass is 394 g/mol. The summed E-state index contributed by atoms with van der Waals surface area (Å²) in [5, 5.41) is 0.887. The van der Waals surface area contributed by atoms with Gasteiger partial charge in [-0.3, -0.25) is 0 Å². The van der Waals surface area contributed by atoms with Crippen molar-refractivity contribution in [2.75, 3.05) is 7.05 Å². The Morgan fingerprint density at radius 2 is 1.56 bits per heavy atom. The van der Waals surface area contributed by atoms with Gasteiger partial charge in [0.15, 0.2) is 0 Å². The maximum atomic E-state index is 12.8. The predicted octanol–water partition coefficient (Wildman–Crippen LogP) is 4.78. The van der Waals surface area contributed by atoms with E-state index in [1.54, 1.807) is 30.5 Å². The molecule has 136 valence electrons. The Hall–Kier alpha value is -2.54. The van der Waals surface area contributed by atoms with Gasteiger partial charge >= 0.3 is 0 Å². The molecule has 0 fully saturated rings. The number of sulfonamides is 1. The Morgan fingerprint density at radius 3 is 2.26 bits per heavy atom. The molecule has 0 aliphatic carbocycles. The quantitative estimate of drug-likeness (QED) is 0.489. The summed E-state index contributed by atoms with van der Waals surface area (Å²) in [6.07, 6.45) is 0. The van der Waals surface area contributed by atoms with Crippen molar-refractivity contribution in [2.24, 2.45) is 0 Å². The third kappa shape index (κ3) is 3.64. The topological polar surface area (TPSA) is 50.3 Å². The highest BCUT2D eigenvalue weighted by molar-refractivity contribution is 7.89. The smallest absolute Gasteiger partial charge is 0.236 e. The van der Waals surface area contributed by atoms with Gasteiger partial charge in [-0.25, -0.2) is 13.4 Å². The predicted molar refractivity (Wildman–Crippen MR) is 110 cm³/mol. The normalized spacial score (nSPS) is 11.9. The van der Waals surface area contributed by atoms with Gasteiger partial charge in [0.25, 0.3) is 0 Å². The highest BCUT2D eigenvalue weighted by Gasteiger charge is 2.21. The Morgan fingerprint density at radius 1 is 0.889 bits per heavy atom. The van der Waals surface area contributed by atoms with Crippen LogP contribution in [0.4, 0.5) is 0 Å². The zero-order valence-electron chi connectivity index (χ0n) is 14.7. The Balaban J connectivity index is 1.59. The fourth-order valence-corrected chi connectivity index (χ4v) is 5.00. The van der Waals surface area contributed by atoms with Crippen molar-refractivity contribution >= 4 is 31.6 Å². The minimum Gasteiger partial charge on any atom is -0.236 e. The van der Waals surface area contributed by atoms with Crippen LogP contribution in [-0.4, -0.2) is 24.8 Å². The number of rotatable bonds is 5. The average Bonchev–Trinajstić information content (AvgIpc) is 3.13. The molecule has 3 aromatic carbocycles. The standard InChI is InChI=1S/C21H18N2O2S2/c1-23(15-16-7-3-2-4-8-16)27(24,25)18-13-11-17(12-14-18)21-22-19-9-5-6-10-20(19)26-21/h2-14H,15H2,1H3. The molecule has 0 aliphatic heterocycles. The molecule has 0 radical (unpaired) electrons. The number of fused-ring (bicyclic) bond motifs is 1. The number of thiazole rings is 1. The second-order valence-electron chi connectivity index (χ2n) is 6.26. The van der Waals surface area contributed by atoms with E-state index in [9.17, 15) is 8.42 Å². The largest absolute Gasteiger partial charge is 0.243 e. The zero-order valence-corrected chi connectivity index (χ0v) is 16.4. The fourth-order valence-electron chi connectivity index (χ4n) is 2.87. The number of para-hydroxylation sites is 1. The molecule has 0 saturated carbocycles. The number of hydrogen-bond acceptors (Lipinski definition) is 4. The van der Waals surface area contributed by atoms with Gasteiger partial charge in [-0.05, 0) is 29.8 Å². The van der Waals surface area contributed by atoms with Gasteiger partial charge in [0.2, 0.25) is 10.0 Å².